The van der Waals surface area contributed by atoms with E-state index < -0.39 is 6.04 Å². The number of nitrogens with one attached hydrogen (secondary N) is 1. The van der Waals surface area contributed by atoms with Crippen LogP contribution in [-0.2, 0) is 11.2 Å². The molecule has 0 unspecified atom stereocenters. The molecule has 0 aliphatic heterocycles. The highest BCUT2D eigenvalue weighted by Gasteiger charge is 2.20. The summed E-state index contributed by atoms with van der Waals surface area (Å²) in [5.74, 6) is -0.117. The number of nitrogens with two attached hydrogens (primary N) is 1. The summed E-state index contributed by atoms with van der Waals surface area (Å²) in [7, 11) is 0. The summed E-state index contributed by atoms with van der Waals surface area (Å²) in [6, 6.07) is 7.33. The van der Waals surface area contributed by atoms with Gasteiger partial charge >= 0.3 is 0 Å². The van der Waals surface area contributed by atoms with Crippen molar-refractivity contribution in [3.63, 3.8) is 0 Å². The van der Waals surface area contributed by atoms with E-state index in [0.29, 0.717) is 6.54 Å². The lowest BCUT2D eigenvalue weighted by Gasteiger charge is -2.25. The molecule has 3 nitrogen and oxygen atoms in total. The molecule has 0 heterocycles. The van der Waals surface area contributed by atoms with Crippen LogP contribution in [0.1, 0.15) is 26.3 Å². The van der Waals surface area contributed by atoms with Gasteiger partial charge in [-0.1, -0.05) is 37.6 Å². The molecule has 18 heavy (non-hydrogen) atoms. The van der Waals surface area contributed by atoms with Gasteiger partial charge in [0.2, 0.25) is 5.91 Å². The second-order valence-corrected chi connectivity index (χ2v) is 5.91. The molecule has 0 saturated carbocycles. The predicted molar refractivity (Wildman–Crippen MR) is 75.6 cm³/mol. The third kappa shape index (κ3) is 5.07. The van der Waals surface area contributed by atoms with Gasteiger partial charge in [0.25, 0.3) is 0 Å². The summed E-state index contributed by atoms with van der Waals surface area (Å²) in [4.78, 5) is 11.4. The van der Waals surface area contributed by atoms with E-state index in [-0.39, 0.29) is 11.3 Å². The molecule has 0 spiro atoms. The molecule has 0 fully saturated rings. The van der Waals surface area contributed by atoms with Gasteiger partial charge in [-0.05, 0) is 36.5 Å². The topological polar surface area (TPSA) is 55.1 Å². The lowest BCUT2D eigenvalue weighted by Crippen LogP contribution is -2.43. The van der Waals surface area contributed by atoms with Crippen LogP contribution in [-0.4, -0.2) is 18.5 Å². The van der Waals surface area contributed by atoms with Gasteiger partial charge in [-0.25, -0.2) is 0 Å². The smallest absolute Gasteiger partial charge is 0.236 e. The van der Waals surface area contributed by atoms with Crippen molar-refractivity contribution in [3.05, 3.63) is 34.9 Å². The third-order valence-corrected chi connectivity index (χ3v) is 2.96. The molecule has 0 aromatic heterocycles. The minimum Gasteiger partial charge on any atom is -0.354 e. The van der Waals surface area contributed by atoms with Gasteiger partial charge in [0.15, 0.2) is 0 Å². The van der Waals surface area contributed by atoms with Crippen LogP contribution in [0, 0.1) is 5.41 Å². The molecule has 0 aliphatic rings. The molecule has 0 aliphatic carbocycles. The summed E-state index contributed by atoms with van der Waals surface area (Å²) in [5.41, 5.74) is 6.64. The van der Waals surface area contributed by atoms with Gasteiger partial charge < -0.3 is 11.1 Å². The molecule has 1 rings (SSSR count). The Hall–Kier alpha value is -1.06. The number of hydrogen-bond acceptors (Lipinski definition) is 2. The van der Waals surface area contributed by atoms with Crippen molar-refractivity contribution in [1.82, 2.24) is 5.32 Å². The van der Waals surface area contributed by atoms with E-state index in [1.54, 1.807) is 6.92 Å². The molecule has 1 aromatic rings. The van der Waals surface area contributed by atoms with Crippen LogP contribution >= 0.6 is 11.6 Å². The van der Waals surface area contributed by atoms with Crippen molar-refractivity contribution in [2.75, 3.05) is 6.54 Å². The lowest BCUT2D eigenvalue weighted by atomic mass is 9.85. The highest BCUT2D eigenvalue weighted by molar-refractivity contribution is 6.30. The zero-order chi connectivity index (χ0) is 13.8. The van der Waals surface area contributed by atoms with Gasteiger partial charge in [-0.15, -0.1) is 0 Å². The fraction of sp³-hybridized carbons (Fsp3) is 0.500. The molecule has 0 bridgehead atoms. The predicted octanol–water partition coefficient (Wildman–Crippen LogP) is 2.37. The fourth-order valence-electron chi connectivity index (χ4n) is 1.75. The minimum absolute atomic E-state index is 0.0325. The maximum Gasteiger partial charge on any atom is 0.236 e. The Balaban J connectivity index is 2.56. The zero-order valence-corrected chi connectivity index (χ0v) is 11.9. The number of amides is 1. The highest BCUT2D eigenvalue weighted by atomic mass is 35.5. The van der Waals surface area contributed by atoms with Crippen LogP contribution in [0.5, 0.6) is 0 Å². The molecule has 0 radical (unpaired) electrons. The zero-order valence-electron chi connectivity index (χ0n) is 11.2. The van der Waals surface area contributed by atoms with Crippen LogP contribution in [0.3, 0.4) is 0 Å². The van der Waals surface area contributed by atoms with E-state index in [1.807, 2.05) is 24.3 Å². The summed E-state index contributed by atoms with van der Waals surface area (Å²) in [6.07, 6.45) is 0.854. The van der Waals surface area contributed by atoms with E-state index in [9.17, 15) is 4.79 Å². The van der Waals surface area contributed by atoms with Crippen molar-refractivity contribution in [1.29, 1.82) is 0 Å². The van der Waals surface area contributed by atoms with E-state index in [0.717, 1.165) is 11.4 Å². The van der Waals surface area contributed by atoms with Gasteiger partial charge in [-0.2, -0.15) is 0 Å². The summed E-state index contributed by atoms with van der Waals surface area (Å²) in [5, 5.41) is 3.60. The largest absolute Gasteiger partial charge is 0.354 e. The number of hydrogen-bond donors (Lipinski definition) is 2. The molecule has 0 saturated heterocycles. The molecular weight excluding hydrogens is 248 g/mol. The maximum atomic E-state index is 11.4. The normalized spacial score (nSPS) is 13.2. The number of benzene rings is 1. The minimum atomic E-state index is -0.466. The van der Waals surface area contributed by atoms with Crippen LogP contribution in [0.2, 0.25) is 5.02 Å². The first-order valence-electron chi connectivity index (χ1n) is 6.08. The Bertz CT molecular complexity index is 416. The van der Waals surface area contributed by atoms with Crippen LogP contribution < -0.4 is 11.1 Å². The van der Waals surface area contributed by atoms with Gasteiger partial charge in [-0.3, -0.25) is 4.79 Å². The number of rotatable bonds is 5. The van der Waals surface area contributed by atoms with E-state index in [2.05, 4.69) is 19.2 Å². The quantitative estimate of drug-likeness (QED) is 0.861. The second kappa shape index (κ2) is 6.21. The van der Waals surface area contributed by atoms with E-state index in [4.69, 9.17) is 17.3 Å². The first-order chi connectivity index (χ1) is 8.30. The number of halogens is 1. The van der Waals surface area contributed by atoms with Gasteiger partial charge in [0.1, 0.15) is 0 Å². The standard InChI is InChI=1S/C14H21ClN2O/c1-10(16)13(18)17-9-14(2,3)8-11-5-4-6-12(15)7-11/h4-7,10H,8-9,16H2,1-3H3,(H,17,18)/t10-/m0/s1. The van der Waals surface area contributed by atoms with Crippen LogP contribution in [0.4, 0.5) is 0 Å². The van der Waals surface area contributed by atoms with Crippen molar-refractivity contribution < 1.29 is 4.79 Å². The Morgan fingerprint density at radius 3 is 2.72 bits per heavy atom. The molecule has 4 heteroatoms. The van der Waals surface area contributed by atoms with Crippen molar-refractivity contribution in [3.8, 4) is 0 Å². The van der Waals surface area contributed by atoms with Crippen molar-refractivity contribution in [2.24, 2.45) is 11.1 Å². The fourth-order valence-corrected chi connectivity index (χ4v) is 1.96. The molecule has 1 amide bonds. The Morgan fingerprint density at radius 2 is 2.17 bits per heavy atom. The molecule has 100 valence electrons. The SMILES string of the molecule is C[C@H](N)C(=O)NCC(C)(C)Cc1cccc(Cl)c1. The highest BCUT2D eigenvalue weighted by Crippen LogP contribution is 2.22. The Morgan fingerprint density at radius 1 is 1.50 bits per heavy atom. The molecule has 3 N–H and O–H groups in total. The Labute approximate surface area is 114 Å². The number of carbonyl (C=O) groups excluding carboxylic acids is 1. The monoisotopic (exact) mass is 268 g/mol. The third-order valence-electron chi connectivity index (χ3n) is 2.73. The van der Waals surface area contributed by atoms with Gasteiger partial charge in [0, 0.05) is 11.6 Å². The maximum absolute atomic E-state index is 11.4. The first kappa shape index (κ1) is 15.0. The average molecular weight is 269 g/mol. The molecule has 1 aromatic carbocycles. The summed E-state index contributed by atoms with van der Waals surface area (Å²) in [6.45, 7) is 6.49. The van der Waals surface area contributed by atoms with E-state index >= 15 is 0 Å². The van der Waals surface area contributed by atoms with Crippen molar-refractivity contribution >= 4 is 17.5 Å². The van der Waals surface area contributed by atoms with Crippen LogP contribution in [0.15, 0.2) is 24.3 Å². The lowest BCUT2D eigenvalue weighted by molar-refractivity contribution is -0.122. The summed E-state index contributed by atoms with van der Waals surface area (Å²) >= 11 is 5.96. The molecule has 1 atom stereocenters. The average Bonchev–Trinajstić information content (AvgIpc) is 2.25. The first-order valence-corrected chi connectivity index (χ1v) is 6.46. The Kier molecular flexibility index (Phi) is 5.17. The summed E-state index contributed by atoms with van der Waals surface area (Å²) < 4.78 is 0. The number of carbonyl (C=O) groups is 1. The van der Waals surface area contributed by atoms with Crippen molar-refractivity contribution in [2.45, 2.75) is 33.2 Å². The van der Waals surface area contributed by atoms with E-state index in [1.165, 1.54) is 5.56 Å². The molecular formula is C14H21ClN2O. The second-order valence-electron chi connectivity index (χ2n) is 5.48. The van der Waals surface area contributed by atoms with Crippen LogP contribution in [0.25, 0.3) is 0 Å². The van der Waals surface area contributed by atoms with Gasteiger partial charge in [0.05, 0.1) is 6.04 Å².